The van der Waals surface area contributed by atoms with Crippen LogP contribution in [-0.4, -0.2) is 29.3 Å². The monoisotopic (exact) mass is 214 g/mol. The maximum absolute atomic E-state index is 8.96. The third-order valence-electron chi connectivity index (χ3n) is 2.23. The lowest BCUT2D eigenvalue weighted by Crippen LogP contribution is -2.33. The minimum absolute atomic E-state index is 0.176. The van der Waals surface area contributed by atoms with Crippen molar-refractivity contribution in [1.82, 2.24) is 4.98 Å². The molecule has 0 spiro atoms. The largest absolute Gasteiger partial charge is 0.395 e. The van der Waals surface area contributed by atoms with Crippen molar-refractivity contribution < 1.29 is 5.11 Å². The van der Waals surface area contributed by atoms with E-state index in [4.69, 9.17) is 5.11 Å². The second kappa shape index (κ2) is 4.75. The third kappa shape index (κ3) is 2.45. The topological polar surface area (TPSA) is 36.4 Å². The summed E-state index contributed by atoms with van der Waals surface area (Å²) in [6, 6.07) is 0.382. The van der Waals surface area contributed by atoms with Crippen LogP contribution in [0.3, 0.4) is 0 Å². The highest BCUT2D eigenvalue weighted by Crippen LogP contribution is 2.26. The Balaban J connectivity index is 2.87. The molecule has 1 aromatic heterocycles. The average molecular weight is 214 g/mol. The summed E-state index contributed by atoms with van der Waals surface area (Å²) in [4.78, 5) is 7.87. The molecule has 3 nitrogen and oxygen atoms in total. The average Bonchev–Trinajstić information content (AvgIpc) is 2.42. The molecule has 0 atom stereocenters. The molecule has 0 fully saturated rings. The Hall–Kier alpha value is -0.610. The van der Waals surface area contributed by atoms with Gasteiger partial charge in [0.1, 0.15) is 0 Å². The fourth-order valence-electron chi connectivity index (χ4n) is 1.26. The van der Waals surface area contributed by atoms with Gasteiger partial charge in [-0.2, -0.15) is 0 Å². The summed E-state index contributed by atoms with van der Waals surface area (Å²) in [5.74, 6) is 0. The Kier molecular flexibility index (Phi) is 3.89. The number of aliphatic hydroxyl groups excluding tert-OH is 1. The molecule has 0 aliphatic carbocycles. The Labute approximate surface area is 89.4 Å². The van der Waals surface area contributed by atoms with Crippen LogP contribution in [0.15, 0.2) is 0 Å². The molecule has 0 saturated heterocycles. The van der Waals surface area contributed by atoms with E-state index in [1.165, 1.54) is 4.88 Å². The summed E-state index contributed by atoms with van der Waals surface area (Å²) in [5, 5.41) is 9.98. The summed E-state index contributed by atoms with van der Waals surface area (Å²) < 4.78 is 0. The van der Waals surface area contributed by atoms with Gasteiger partial charge in [-0.15, -0.1) is 11.3 Å². The maximum atomic E-state index is 8.96. The van der Waals surface area contributed by atoms with Crippen LogP contribution in [0.4, 0.5) is 5.13 Å². The normalized spacial score (nSPS) is 11.0. The number of hydrogen-bond acceptors (Lipinski definition) is 4. The SMILES string of the molecule is Cc1nc(N(CCO)C(C)C)sc1C. The van der Waals surface area contributed by atoms with E-state index in [0.717, 1.165) is 10.8 Å². The first-order chi connectivity index (χ1) is 6.56. The van der Waals surface area contributed by atoms with Crippen LogP contribution < -0.4 is 4.90 Å². The van der Waals surface area contributed by atoms with E-state index >= 15 is 0 Å². The zero-order chi connectivity index (χ0) is 10.7. The minimum Gasteiger partial charge on any atom is -0.395 e. The quantitative estimate of drug-likeness (QED) is 0.832. The molecule has 0 radical (unpaired) electrons. The highest BCUT2D eigenvalue weighted by Gasteiger charge is 2.14. The number of hydrogen-bond donors (Lipinski definition) is 1. The minimum atomic E-state index is 0.176. The fourth-order valence-corrected chi connectivity index (χ4v) is 2.33. The standard InChI is InChI=1S/C10H18N2OS/c1-7(2)12(5-6-13)10-11-8(3)9(4)14-10/h7,13H,5-6H2,1-4H3. The van der Waals surface area contributed by atoms with Gasteiger partial charge in [-0.1, -0.05) is 0 Å². The molecule has 80 valence electrons. The summed E-state index contributed by atoms with van der Waals surface area (Å²) in [5.41, 5.74) is 1.09. The second-order valence-electron chi connectivity index (χ2n) is 3.65. The van der Waals surface area contributed by atoms with E-state index in [0.29, 0.717) is 12.6 Å². The Morgan fingerprint density at radius 3 is 2.43 bits per heavy atom. The fraction of sp³-hybridized carbons (Fsp3) is 0.700. The Bertz CT molecular complexity index is 277. The van der Waals surface area contributed by atoms with E-state index in [1.54, 1.807) is 11.3 Å². The molecular formula is C10H18N2OS. The Morgan fingerprint density at radius 2 is 2.07 bits per heavy atom. The van der Waals surface area contributed by atoms with Crippen molar-refractivity contribution in [3.05, 3.63) is 10.6 Å². The zero-order valence-electron chi connectivity index (χ0n) is 9.24. The molecule has 4 heteroatoms. The first kappa shape index (κ1) is 11.5. The van der Waals surface area contributed by atoms with E-state index in [9.17, 15) is 0 Å². The highest BCUT2D eigenvalue weighted by molar-refractivity contribution is 7.15. The molecule has 0 amide bonds. The number of thiazole rings is 1. The number of aryl methyl sites for hydroxylation is 2. The van der Waals surface area contributed by atoms with Crippen LogP contribution in [0.1, 0.15) is 24.4 Å². The molecule has 0 unspecified atom stereocenters. The lowest BCUT2D eigenvalue weighted by Gasteiger charge is -2.24. The van der Waals surface area contributed by atoms with Crippen molar-refractivity contribution in [2.75, 3.05) is 18.1 Å². The van der Waals surface area contributed by atoms with Gasteiger partial charge >= 0.3 is 0 Å². The maximum Gasteiger partial charge on any atom is 0.186 e. The molecule has 0 saturated carbocycles. The molecule has 0 bridgehead atoms. The van der Waals surface area contributed by atoms with Gasteiger partial charge in [0.05, 0.1) is 12.3 Å². The number of rotatable bonds is 4. The molecule has 0 aromatic carbocycles. The van der Waals surface area contributed by atoms with Gasteiger partial charge < -0.3 is 10.0 Å². The van der Waals surface area contributed by atoms with Crippen molar-refractivity contribution >= 4 is 16.5 Å². The summed E-state index contributed by atoms with van der Waals surface area (Å²) >= 11 is 1.69. The van der Waals surface area contributed by atoms with Gasteiger partial charge in [-0.05, 0) is 27.7 Å². The summed E-state index contributed by atoms with van der Waals surface area (Å²) in [6.45, 7) is 9.16. The summed E-state index contributed by atoms with van der Waals surface area (Å²) in [7, 11) is 0. The predicted octanol–water partition coefficient (Wildman–Crippen LogP) is 1.97. The van der Waals surface area contributed by atoms with Crippen LogP contribution in [0.5, 0.6) is 0 Å². The molecular weight excluding hydrogens is 196 g/mol. The van der Waals surface area contributed by atoms with Crippen molar-refractivity contribution in [2.24, 2.45) is 0 Å². The van der Waals surface area contributed by atoms with Gasteiger partial charge in [0, 0.05) is 17.5 Å². The molecule has 1 N–H and O–H groups in total. The zero-order valence-corrected chi connectivity index (χ0v) is 10.1. The first-order valence-corrected chi connectivity index (χ1v) is 5.69. The third-order valence-corrected chi connectivity index (χ3v) is 3.34. The lowest BCUT2D eigenvalue weighted by atomic mass is 10.3. The summed E-state index contributed by atoms with van der Waals surface area (Å²) in [6.07, 6.45) is 0. The molecule has 1 rings (SSSR count). The molecule has 0 aliphatic heterocycles. The number of nitrogens with zero attached hydrogens (tertiary/aromatic N) is 2. The number of aromatic nitrogens is 1. The van der Waals surface area contributed by atoms with E-state index in [2.05, 4.69) is 30.7 Å². The second-order valence-corrected chi connectivity index (χ2v) is 4.83. The van der Waals surface area contributed by atoms with Crippen molar-refractivity contribution in [3.63, 3.8) is 0 Å². The van der Waals surface area contributed by atoms with E-state index < -0.39 is 0 Å². The van der Waals surface area contributed by atoms with Gasteiger partial charge in [-0.3, -0.25) is 0 Å². The number of anilines is 1. The smallest absolute Gasteiger partial charge is 0.186 e. The van der Waals surface area contributed by atoms with Gasteiger partial charge in [-0.25, -0.2) is 4.98 Å². The van der Waals surface area contributed by atoms with E-state index in [-0.39, 0.29) is 6.61 Å². The van der Waals surface area contributed by atoms with Crippen LogP contribution in [0.2, 0.25) is 0 Å². The van der Waals surface area contributed by atoms with Crippen LogP contribution in [0, 0.1) is 13.8 Å². The molecule has 0 aliphatic rings. The Morgan fingerprint density at radius 1 is 1.43 bits per heavy atom. The molecule has 1 aromatic rings. The van der Waals surface area contributed by atoms with Crippen LogP contribution >= 0.6 is 11.3 Å². The predicted molar refractivity (Wildman–Crippen MR) is 61.2 cm³/mol. The van der Waals surface area contributed by atoms with Gasteiger partial charge in [0.25, 0.3) is 0 Å². The van der Waals surface area contributed by atoms with Gasteiger partial charge in [0.2, 0.25) is 0 Å². The van der Waals surface area contributed by atoms with Crippen molar-refractivity contribution in [2.45, 2.75) is 33.7 Å². The van der Waals surface area contributed by atoms with Crippen molar-refractivity contribution in [3.8, 4) is 0 Å². The first-order valence-electron chi connectivity index (χ1n) is 4.87. The highest BCUT2D eigenvalue weighted by atomic mass is 32.1. The van der Waals surface area contributed by atoms with Crippen LogP contribution in [0.25, 0.3) is 0 Å². The van der Waals surface area contributed by atoms with Crippen LogP contribution in [-0.2, 0) is 0 Å². The van der Waals surface area contributed by atoms with Crippen molar-refractivity contribution in [1.29, 1.82) is 0 Å². The molecule has 1 heterocycles. The van der Waals surface area contributed by atoms with Gasteiger partial charge in [0.15, 0.2) is 5.13 Å². The number of aliphatic hydroxyl groups is 1. The van der Waals surface area contributed by atoms with E-state index in [1.807, 2.05) is 6.92 Å². The lowest BCUT2D eigenvalue weighted by molar-refractivity contribution is 0.299. The molecule has 14 heavy (non-hydrogen) atoms.